The van der Waals surface area contributed by atoms with Crippen LogP contribution in [0.5, 0.6) is 0 Å². The summed E-state index contributed by atoms with van der Waals surface area (Å²) in [5, 5.41) is 4.02. The molecule has 0 atom stereocenters. The number of hydrogen-bond acceptors (Lipinski definition) is 1. The molecule has 2 rings (SSSR count). The van der Waals surface area contributed by atoms with Crippen molar-refractivity contribution in [2.24, 2.45) is 0 Å². The van der Waals surface area contributed by atoms with Crippen molar-refractivity contribution >= 4 is 29.1 Å². The second-order valence-electron chi connectivity index (χ2n) is 4.47. The lowest BCUT2D eigenvalue weighted by atomic mass is 9.95. The number of carbonyl (C=O) groups is 1. The summed E-state index contributed by atoms with van der Waals surface area (Å²) in [6.45, 7) is 0. The molecule has 0 spiro atoms. The second-order valence-corrected chi connectivity index (χ2v) is 5.34. The van der Waals surface area contributed by atoms with Gasteiger partial charge in [0, 0.05) is 21.7 Å². The van der Waals surface area contributed by atoms with Crippen LogP contribution in [0.1, 0.15) is 42.5 Å². The zero-order valence-electron chi connectivity index (χ0n) is 9.51. The van der Waals surface area contributed by atoms with Gasteiger partial charge >= 0.3 is 0 Å². The van der Waals surface area contributed by atoms with Crippen LogP contribution in [0, 0.1) is 0 Å². The van der Waals surface area contributed by atoms with Gasteiger partial charge in [-0.05, 0) is 31.0 Å². The molecule has 1 fully saturated rings. The lowest BCUT2D eigenvalue weighted by molar-refractivity contribution is 0.0927. The molecule has 1 amide bonds. The Morgan fingerprint density at radius 2 is 1.65 bits per heavy atom. The Morgan fingerprint density at radius 3 is 2.24 bits per heavy atom. The van der Waals surface area contributed by atoms with Gasteiger partial charge in [-0.2, -0.15) is 0 Å². The van der Waals surface area contributed by atoms with Gasteiger partial charge < -0.3 is 5.32 Å². The molecular weight excluding hydrogens is 257 g/mol. The molecule has 0 bridgehead atoms. The number of benzene rings is 1. The minimum Gasteiger partial charge on any atom is -0.349 e. The van der Waals surface area contributed by atoms with Crippen LogP contribution in [-0.4, -0.2) is 11.9 Å². The fourth-order valence-corrected chi connectivity index (χ4v) is 2.73. The lowest BCUT2D eigenvalue weighted by Gasteiger charge is -2.22. The fraction of sp³-hybridized carbons (Fsp3) is 0.462. The maximum Gasteiger partial charge on any atom is 0.251 e. The first kappa shape index (κ1) is 12.7. The Balaban J connectivity index is 2.03. The standard InChI is InChI=1S/C13H15Cl2NO/c14-10-6-9(7-11(15)8-10)13(17)16-12-4-2-1-3-5-12/h6-8,12H,1-5H2,(H,16,17). The SMILES string of the molecule is O=C(NC1CCCCC1)c1cc(Cl)cc(Cl)c1. The van der Waals surface area contributed by atoms with E-state index in [1.54, 1.807) is 18.2 Å². The van der Waals surface area contributed by atoms with Gasteiger partial charge in [0.05, 0.1) is 0 Å². The summed E-state index contributed by atoms with van der Waals surface area (Å²) in [6, 6.07) is 5.21. The van der Waals surface area contributed by atoms with Gasteiger partial charge in [0.1, 0.15) is 0 Å². The molecular formula is C13H15Cl2NO. The predicted octanol–water partition coefficient (Wildman–Crippen LogP) is 4.06. The summed E-state index contributed by atoms with van der Waals surface area (Å²) in [5.74, 6) is -0.0821. The van der Waals surface area contributed by atoms with Crippen molar-refractivity contribution in [2.75, 3.05) is 0 Å². The summed E-state index contributed by atoms with van der Waals surface area (Å²) in [7, 11) is 0. The molecule has 1 aromatic carbocycles. The topological polar surface area (TPSA) is 29.1 Å². The molecule has 0 unspecified atom stereocenters. The van der Waals surface area contributed by atoms with Crippen LogP contribution < -0.4 is 5.32 Å². The Kier molecular flexibility index (Phi) is 4.30. The number of hydrogen-bond donors (Lipinski definition) is 1. The lowest BCUT2D eigenvalue weighted by Crippen LogP contribution is -2.36. The van der Waals surface area contributed by atoms with E-state index in [0.717, 1.165) is 12.8 Å². The molecule has 0 aliphatic heterocycles. The fourth-order valence-electron chi connectivity index (χ4n) is 2.20. The molecule has 1 aromatic rings. The zero-order valence-corrected chi connectivity index (χ0v) is 11.0. The highest BCUT2D eigenvalue weighted by molar-refractivity contribution is 6.35. The van der Waals surface area contributed by atoms with Crippen molar-refractivity contribution in [1.82, 2.24) is 5.32 Å². The van der Waals surface area contributed by atoms with Gasteiger partial charge in [-0.15, -0.1) is 0 Å². The van der Waals surface area contributed by atoms with E-state index in [-0.39, 0.29) is 5.91 Å². The number of nitrogens with one attached hydrogen (secondary N) is 1. The van der Waals surface area contributed by atoms with Gasteiger partial charge in [-0.25, -0.2) is 0 Å². The molecule has 0 aromatic heterocycles. The predicted molar refractivity (Wildman–Crippen MR) is 70.8 cm³/mol. The van der Waals surface area contributed by atoms with E-state index >= 15 is 0 Å². The Morgan fingerprint density at radius 1 is 1.06 bits per heavy atom. The highest BCUT2D eigenvalue weighted by Crippen LogP contribution is 2.21. The van der Waals surface area contributed by atoms with Gasteiger partial charge in [-0.3, -0.25) is 4.79 Å². The average molecular weight is 272 g/mol. The van der Waals surface area contributed by atoms with E-state index in [1.807, 2.05) is 0 Å². The molecule has 0 heterocycles. The van der Waals surface area contributed by atoms with E-state index < -0.39 is 0 Å². The van der Waals surface area contributed by atoms with Gasteiger partial charge in [-0.1, -0.05) is 42.5 Å². The molecule has 92 valence electrons. The quantitative estimate of drug-likeness (QED) is 0.864. The molecule has 0 saturated heterocycles. The number of carbonyl (C=O) groups excluding carboxylic acids is 1. The van der Waals surface area contributed by atoms with Crippen LogP contribution in [0.25, 0.3) is 0 Å². The summed E-state index contributed by atoms with van der Waals surface area (Å²) >= 11 is 11.7. The highest BCUT2D eigenvalue weighted by atomic mass is 35.5. The van der Waals surface area contributed by atoms with Crippen LogP contribution in [-0.2, 0) is 0 Å². The molecule has 0 radical (unpaired) electrons. The first-order chi connectivity index (χ1) is 8.15. The third-order valence-electron chi connectivity index (χ3n) is 3.07. The minimum absolute atomic E-state index is 0.0821. The van der Waals surface area contributed by atoms with E-state index in [4.69, 9.17) is 23.2 Å². The van der Waals surface area contributed by atoms with E-state index in [2.05, 4.69) is 5.32 Å². The Hall–Kier alpha value is -0.730. The maximum absolute atomic E-state index is 12.0. The van der Waals surface area contributed by atoms with Crippen molar-refractivity contribution in [3.63, 3.8) is 0 Å². The third kappa shape index (κ3) is 3.62. The second kappa shape index (κ2) is 5.74. The normalized spacial score (nSPS) is 16.8. The third-order valence-corrected chi connectivity index (χ3v) is 3.50. The Bertz CT molecular complexity index is 394. The average Bonchev–Trinajstić information content (AvgIpc) is 2.29. The van der Waals surface area contributed by atoms with Crippen LogP contribution in [0.15, 0.2) is 18.2 Å². The highest BCUT2D eigenvalue weighted by Gasteiger charge is 2.17. The number of halogens is 2. The van der Waals surface area contributed by atoms with E-state index in [9.17, 15) is 4.79 Å². The molecule has 1 saturated carbocycles. The zero-order chi connectivity index (χ0) is 12.3. The maximum atomic E-state index is 12.0. The minimum atomic E-state index is -0.0821. The molecule has 2 nitrogen and oxygen atoms in total. The van der Waals surface area contributed by atoms with Crippen LogP contribution in [0.4, 0.5) is 0 Å². The van der Waals surface area contributed by atoms with Crippen LogP contribution in [0.2, 0.25) is 10.0 Å². The summed E-state index contributed by atoms with van der Waals surface area (Å²) in [5.41, 5.74) is 0.535. The number of rotatable bonds is 2. The largest absolute Gasteiger partial charge is 0.349 e. The van der Waals surface area contributed by atoms with Gasteiger partial charge in [0.2, 0.25) is 0 Å². The van der Waals surface area contributed by atoms with Gasteiger partial charge in [0.25, 0.3) is 5.91 Å². The summed E-state index contributed by atoms with van der Waals surface area (Å²) in [6.07, 6.45) is 5.80. The van der Waals surface area contributed by atoms with E-state index in [0.29, 0.717) is 21.7 Å². The number of amides is 1. The molecule has 4 heteroatoms. The summed E-state index contributed by atoms with van der Waals surface area (Å²) < 4.78 is 0. The van der Waals surface area contributed by atoms with Crippen molar-refractivity contribution < 1.29 is 4.79 Å². The summed E-state index contributed by atoms with van der Waals surface area (Å²) in [4.78, 5) is 12.0. The van der Waals surface area contributed by atoms with Gasteiger partial charge in [0.15, 0.2) is 0 Å². The van der Waals surface area contributed by atoms with Crippen molar-refractivity contribution in [1.29, 1.82) is 0 Å². The first-order valence-corrected chi connectivity index (χ1v) is 6.68. The van der Waals surface area contributed by atoms with Crippen LogP contribution in [0.3, 0.4) is 0 Å². The van der Waals surface area contributed by atoms with Crippen molar-refractivity contribution in [2.45, 2.75) is 38.1 Å². The molecule has 1 N–H and O–H groups in total. The molecule has 1 aliphatic rings. The van der Waals surface area contributed by atoms with Crippen molar-refractivity contribution in [3.8, 4) is 0 Å². The van der Waals surface area contributed by atoms with E-state index in [1.165, 1.54) is 19.3 Å². The smallest absolute Gasteiger partial charge is 0.251 e. The first-order valence-electron chi connectivity index (χ1n) is 5.92. The molecule has 17 heavy (non-hydrogen) atoms. The Labute approximate surface area is 111 Å². The monoisotopic (exact) mass is 271 g/mol. The van der Waals surface area contributed by atoms with Crippen molar-refractivity contribution in [3.05, 3.63) is 33.8 Å². The molecule has 1 aliphatic carbocycles. The van der Waals surface area contributed by atoms with Crippen LogP contribution >= 0.6 is 23.2 Å².